The Labute approximate surface area is 104 Å². The van der Waals surface area contributed by atoms with Crippen LogP contribution in [0.2, 0.25) is 0 Å². The minimum absolute atomic E-state index is 0.365. The molecule has 94 valence electrons. The number of carbonyl (C=O) groups is 2. The van der Waals surface area contributed by atoms with E-state index in [4.69, 9.17) is 5.11 Å². The molecule has 1 aromatic heterocycles. The summed E-state index contributed by atoms with van der Waals surface area (Å²) in [6, 6.07) is 6.60. The lowest BCUT2D eigenvalue weighted by Gasteiger charge is -2.07. The molecule has 0 saturated carbocycles. The Hall–Kier alpha value is -2.30. The number of aromatic amines is 1. The van der Waals surface area contributed by atoms with Gasteiger partial charge in [0.15, 0.2) is 0 Å². The normalized spacial score (nSPS) is 12.3. The molecule has 2 rings (SSSR count). The maximum Gasteiger partial charge on any atom is 0.325 e. The molecule has 0 saturated heterocycles. The van der Waals surface area contributed by atoms with Gasteiger partial charge in [-0.3, -0.25) is 9.59 Å². The van der Waals surface area contributed by atoms with E-state index in [9.17, 15) is 9.59 Å². The highest BCUT2D eigenvalue weighted by atomic mass is 16.4. The Morgan fingerprint density at radius 1 is 1.33 bits per heavy atom. The molecule has 5 nitrogen and oxygen atoms in total. The maximum absolute atomic E-state index is 11.8. The van der Waals surface area contributed by atoms with E-state index < -0.39 is 17.9 Å². The van der Waals surface area contributed by atoms with E-state index in [2.05, 4.69) is 10.3 Å². The quantitative estimate of drug-likeness (QED) is 0.770. The van der Waals surface area contributed by atoms with Gasteiger partial charge in [-0.2, -0.15) is 0 Å². The van der Waals surface area contributed by atoms with Gasteiger partial charge in [0.1, 0.15) is 11.7 Å². The van der Waals surface area contributed by atoms with E-state index in [1.165, 1.54) is 6.92 Å². The number of nitrogens with one attached hydrogen (secondary N) is 2. The molecule has 2 aromatic rings. The Kier molecular flexibility index (Phi) is 3.06. The molecular weight excluding hydrogens is 232 g/mol. The number of fused-ring (bicyclic) bond motifs is 1. The van der Waals surface area contributed by atoms with Gasteiger partial charge in [-0.05, 0) is 31.5 Å². The first kappa shape index (κ1) is 12.2. The van der Waals surface area contributed by atoms with Crippen LogP contribution in [0.25, 0.3) is 10.9 Å². The lowest BCUT2D eigenvalue weighted by atomic mass is 10.2. The zero-order valence-corrected chi connectivity index (χ0v) is 10.2. The van der Waals surface area contributed by atoms with Crippen LogP contribution >= 0.6 is 0 Å². The number of hydrogen-bond donors (Lipinski definition) is 3. The van der Waals surface area contributed by atoms with Crippen molar-refractivity contribution in [3.63, 3.8) is 0 Å². The standard InChI is InChI=1S/C13H14N2O3/c1-7-3-4-9-6-11(15-10(9)5-7)12(16)14-8(2)13(17)18/h3-6,8,15H,1-2H3,(H,14,16)(H,17,18)/t8-/m1/s1. The number of benzene rings is 1. The third-order valence-corrected chi connectivity index (χ3v) is 2.74. The summed E-state index contributed by atoms with van der Waals surface area (Å²) in [5.41, 5.74) is 2.32. The van der Waals surface area contributed by atoms with E-state index >= 15 is 0 Å². The van der Waals surface area contributed by atoms with Crippen LogP contribution in [0, 0.1) is 6.92 Å². The minimum atomic E-state index is -1.06. The molecule has 1 amide bonds. The third-order valence-electron chi connectivity index (χ3n) is 2.74. The predicted molar refractivity (Wildman–Crippen MR) is 67.6 cm³/mol. The number of carboxylic acid groups (broad SMARTS) is 1. The molecule has 0 bridgehead atoms. The lowest BCUT2D eigenvalue weighted by molar-refractivity contribution is -0.138. The molecule has 0 aliphatic rings. The van der Waals surface area contributed by atoms with E-state index in [1.54, 1.807) is 6.07 Å². The lowest BCUT2D eigenvalue weighted by Crippen LogP contribution is -2.38. The van der Waals surface area contributed by atoms with Crippen molar-refractivity contribution in [2.24, 2.45) is 0 Å². The molecule has 0 radical (unpaired) electrons. The van der Waals surface area contributed by atoms with Crippen molar-refractivity contribution < 1.29 is 14.7 Å². The molecule has 1 heterocycles. The van der Waals surface area contributed by atoms with Gasteiger partial charge in [-0.1, -0.05) is 12.1 Å². The van der Waals surface area contributed by atoms with Crippen molar-refractivity contribution in [1.82, 2.24) is 10.3 Å². The van der Waals surface area contributed by atoms with Crippen LogP contribution in [0.4, 0.5) is 0 Å². The van der Waals surface area contributed by atoms with Gasteiger partial charge in [-0.15, -0.1) is 0 Å². The number of aliphatic carboxylic acids is 1. The first-order valence-corrected chi connectivity index (χ1v) is 5.60. The number of H-pyrrole nitrogens is 1. The van der Waals surface area contributed by atoms with Crippen LogP contribution in [-0.4, -0.2) is 28.0 Å². The second-order valence-electron chi connectivity index (χ2n) is 4.31. The molecule has 3 N–H and O–H groups in total. The van der Waals surface area contributed by atoms with Gasteiger partial charge in [0.05, 0.1) is 0 Å². The number of carbonyl (C=O) groups excluding carboxylic acids is 1. The Balaban J connectivity index is 2.26. The van der Waals surface area contributed by atoms with E-state index in [1.807, 2.05) is 25.1 Å². The molecule has 0 fully saturated rings. The minimum Gasteiger partial charge on any atom is -0.480 e. The zero-order valence-electron chi connectivity index (χ0n) is 10.2. The van der Waals surface area contributed by atoms with Crippen LogP contribution < -0.4 is 5.32 Å². The second-order valence-corrected chi connectivity index (χ2v) is 4.31. The smallest absolute Gasteiger partial charge is 0.325 e. The summed E-state index contributed by atoms with van der Waals surface area (Å²) in [5, 5.41) is 12.1. The van der Waals surface area contributed by atoms with Gasteiger partial charge >= 0.3 is 5.97 Å². The Bertz CT molecular complexity index is 616. The zero-order chi connectivity index (χ0) is 13.3. The summed E-state index contributed by atoms with van der Waals surface area (Å²) in [4.78, 5) is 25.4. The summed E-state index contributed by atoms with van der Waals surface area (Å²) in [6.07, 6.45) is 0. The SMILES string of the molecule is Cc1ccc2cc(C(=O)N[C@H](C)C(=O)O)[nH]c2c1. The fourth-order valence-corrected chi connectivity index (χ4v) is 1.70. The average molecular weight is 246 g/mol. The first-order chi connectivity index (χ1) is 8.47. The van der Waals surface area contributed by atoms with Crippen LogP contribution in [0.5, 0.6) is 0 Å². The van der Waals surface area contributed by atoms with E-state index in [-0.39, 0.29) is 0 Å². The van der Waals surface area contributed by atoms with E-state index in [0.29, 0.717) is 5.69 Å². The number of carboxylic acids is 1. The van der Waals surface area contributed by atoms with Gasteiger partial charge in [0, 0.05) is 10.9 Å². The fraction of sp³-hybridized carbons (Fsp3) is 0.231. The molecule has 0 spiro atoms. The number of aromatic nitrogens is 1. The summed E-state index contributed by atoms with van der Waals surface area (Å²) in [6.45, 7) is 3.39. The van der Waals surface area contributed by atoms with Crippen molar-refractivity contribution >= 4 is 22.8 Å². The van der Waals surface area contributed by atoms with Gasteiger partial charge < -0.3 is 15.4 Å². The van der Waals surface area contributed by atoms with Crippen molar-refractivity contribution in [3.8, 4) is 0 Å². The Morgan fingerprint density at radius 2 is 2.06 bits per heavy atom. The topological polar surface area (TPSA) is 82.2 Å². The van der Waals surface area contributed by atoms with E-state index in [0.717, 1.165) is 16.5 Å². The van der Waals surface area contributed by atoms with Gasteiger partial charge in [0.25, 0.3) is 5.91 Å². The van der Waals surface area contributed by atoms with Gasteiger partial charge in [0.2, 0.25) is 0 Å². The second kappa shape index (κ2) is 4.52. The highest BCUT2D eigenvalue weighted by Crippen LogP contribution is 2.16. The number of rotatable bonds is 3. The average Bonchev–Trinajstić information content (AvgIpc) is 2.71. The molecule has 0 unspecified atom stereocenters. The molecular formula is C13H14N2O3. The van der Waals surface area contributed by atoms with Crippen LogP contribution in [0.15, 0.2) is 24.3 Å². The molecule has 1 aromatic carbocycles. The summed E-state index contributed by atoms with van der Waals surface area (Å²) >= 11 is 0. The maximum atomic E-state index is 11.8. The molecule has 0 aliphatic heterocycles. The predicted octanol–water partition coefficient (Wildman–Crippen LogP) is 1.68. The number of hydrogen-bond acceptors (Lipinski definition) is 2. The number of amides is 1. The Morgan fingerprint density at radius 3 is 2.72 bits per heavy atom. The van der Waals surface area contributed by atoms with Crippen molar-refractivity contribution in [1.29, 1.82) is 0 Å². The fourth-order valence-electron chi connectivity index (χ4n) is 1.70. The van der Waals surface area contributed by atoms with Crippen LogP contribution in [0.3, 0.4) is 0 Å². The first-order valence-electron chi connectivity index (χ1n) is 5.60. The molecule has 0 aliphatic carbocycles. The largest absolute Gasteiger partial charge is 0.480 e. The monoisotopic (exact) mass is 246 g/mol. The van der Waals surface area contributed by atoms with Crippen molar-refractivity contribution in [2.75, 3.05) is 0 Å². The summed E-state index contributed by atoms with van der Waals surface area (Å²) in [7, 11) is 0. The molecule has 5 heteroatoms. The van der Waals surface area contributed by atoms with Crippen molar-refractivity contribution in [2.45, 2.75) is 19.9 Å². The summed E-state index contributed by atoms with van der Waals surface area (Å²) in [5.74, 6) is -1.48. The highest BCUT2D eigenvalue weighted by molar-refractivity contribution is 5.99. The van der Waals surface area contributed by atoms with Crippen LogP contribution in [0.1, 0.15) is 23.0 Å². The van der Waals surface area contributed by atoms with Gasteiger partial charge in [-0.25, -0.2) is 0 Å². The summed E-state index contributed by atoms with van der Waals surface area (Å²) < 4.78 is 0. The third kappa shape index (κ3) is 2.34. The molecule has 1 atom stereocenters. The van der Waals surface area contributed by atoms with Crippen molar-refractivity contribution in [3.05, 3.63) is 35.5 Å². The molecule has 18 heavy (non-hydrogen) atoms. The highest BCUT2D eigenvalue weighted by Gasteiger charge is 2.16. The number of aryl methyl sites for hydroxylation is 1. The van der Waals surface area contributed by atoms with Crippen LogP contribution in [-0.2, 0) is 4.79 Å².